The van der Waals surface area contributed by atoms with Crippen LogP contribution in [0.2, 0.25) is 0 Å². The van der Waals surface area contributed by atoms with Gasteiger partial charge in [-0.2, -0.15) is 0 Å². The summed E-state index contributed by atoms with van der Waals surface area (Å²) in [5.74, 6) is 1.23. The number of hydrogen-bond acceptors (Lipinski definition) is 7. The molecule has 3 heterocycles. The summed E-state index contributed by atoms with van der Waals surface area (Å²) in [4.78, 5) is 8.53. The smallest absolute Gasteiger partial charge is 0.196 e. The standard InChI is InChI=1S/C12H17N5O3/c13-11-15-9-7(8-10(16-11)20-8)14-5-17(9)3-12(4-19)1-6(12)2-18/h5-6,8,10,18-19H,1-4H2,(H3,13,15,16). The van der Waals surface area contributed by atoms with Crippen LogP contribution in [-0.4, -0.2) is 45.2 Å². The van der Waals surface area contributed by atoms with Gasteiger partial charge in [0.25, 0.3) is 0 Å². The number of fused-ring (bicyclic) bond motifs is 3. The molecule has 2 fully saturated rings. The maximum atomic E-state index is 9.59. The van der Waals surface area contributed by atoms with Crippen molar-refractivity contribution in [2.45, 2.75) is 25.3 Å². The van der Waals surface area contributed by atoms with Gasteiger partial charge in [-0.05, 0) is 12.3 Å². The lowest BCUT2D eigenvalue weighted by molar-refractivity contribution is 0.158. The van der Waals surface area contributed by atoms with Gasteiger partial charge in [-0.25, -0.2) is 9.98 Å². The van der Waals surface area contributed by atoms with Crippen molar-refractivity contribution in [3.8, 4) is 0 Å². The Labute approximate surface area is 115 Å². The Balaban J connectivity index is 1.63. The number of hydrogen-bond donors (Lipinski definition) is 4. The fraction of sp³-hybridized carbons (Fsp3) is 0.667. The summed E-state index contributed by atoms with van der Waals surface area (Å²) in [6, 6.07) is 0. The van der Waals surface area contributed by atoms with Crippen LogP contribution in [0.15, 0.2) is 11.3 Å². The normalized spacial score (nSPS) is 37.3. The van der Waals surface area contributed by atoms with Gasteiger partial charge in [-0.1, -0.05) is 0 Å². The molecule has 8 nitrogen and oxygen atoms in total. The van der Waals surface area contributed by atoms with Gasteiger partial charge in [0.1, 0.15) is 11.5 Å². The molecule has 1 saturated heterocycles. The molecule has 5 N–H and O–H groups in total. The number of rotatable bonds is 4. The minimum atomic E-state index is -0.257. The van der Waals surface area contributed by atoms with Crippen molar-refractivity contribution >= 4 is 11.8 Å². The number of imidazole rings is 1. The van der Waals surface area contributed by atoms with Crippen molar-refractivity contribution in [2.24, 2.45) is 22.1 Å². The second-order valence-electron chi connectivity index (χ2n) is 5.80. The van der Waals surface area contributed by atoms with Gasteiger partial charge in [-0.3, -0.25) is 0 Å². The number of aliphatic hydroxyl groups excluding tert-OH is 2. The average Bonchev–Trinajstić information content (AvgIpc) is 3.30. The molecule has 1 saturated carbocycles. The summed E-state index contributed by atoms with van der Waals surface area (Å²) in [7, 11) is 0. The van der Waals surface area contributed by atoms with E-state index in [1.54, 1.807) is 6.33 Å². The van der Waals surface area contributed by atoms with E-state index in [0.717, 1.165) is 17.9 Å². The van der Waals surface area contributed by atoms with Gasteiger partial charge >= 0.3 is 0 Å². The van der Waals surface area contributed by atoms with E-state index < -0.39 is 0 Å². The molecule has 1 aliphatic carbocycles. The first-order valence-corrected chi connectivity index (χ1v) is 6.69. The topological polar surface area (TPSA) is 121 Å². The number of aliphatic imine (C=N–C) groups is 1. The van der Waals surface area contributed by atoms with E-state index in [2.05, 4.69) is 15.3 Å². The number of epoxide rings is 1. The molecule has 0 amide bonds. The van der Waals surface area contributed by atoms with Crippen LogP contribution in [0, 0.1) is 11.3 Å². The lowest BCUT2D eigenvalue weighted by Crippen LogP contribution is -2.26. The first-order valence-electron chi connectivity index (χ1n) is 6.69. The van der Waals surface area contributed by atoms with Crippen LogP contribution in [-0.2, 0) is 11.3 Å². The van der Waals surface area contributed by atoms with Crippen LogP contribution >= 0.6 is 0 Å². The fourth-order valence-corrected chi connectivity index (χ4v) is 3.02. The molecule has 20 heavy (non-hydrogen) atoms. The molecule has 0 aromatic carbocycles. The van der Waals surface area contributed by atoms with Gasteiger partial charge in [0, 0.05) is 18.6 Å². The van der Waals surface area contributed by atoms with Crippen molar-refractivity contribution < 1.29 is 14.9 Å². The maximum Gasteiger partial charge on any atom is 0.196 e. The number of nitrogens with two attached hydrogens (primary N) is 1. The Kier molecular flexibility index (Phi) is 2.39. The molecule has 8 heteroatoms. The highest BCUT2D eigenvalue weighted by molar-refractivity contribution is 5.93. The lowest BCUT2D eigenvalue weighted by atomic mass is 10.1. The highest BCUT2D eigenvalue weighted by Gasteiger charge is 2.54. The minimum absolute atomic E-state index is 0.0529. The van der Waals surface area contributed by atoms with Crippen LogP contribution < -0.4 is 11.1 Å². The van der Waals surface area contributed by atoms with Crippen LogP contribution in [0.4, 0.5) is 5.82 Å². The molecule has 108 valence electrons. The molecule has 0 bridgehead atoms. The van der Waals surface area contributed by atoms with E-state index >= 15 is 0 Å². The summed E-state index contributed by atoms with van der Waals surface area (Å²) in [5.41, 5.74) is 6.33. The molecular weight excluding hydrogens is 262 g/mol. The third-order valence-corrected chi connectivity index (χ3v) is 4.50. The van der Waals surface area contributed by atoms with Crippen molar-refractivity contribution in [1.29, 1.82) is 0 Å². The molecule has 1 aromatic heterocycles. The van der Waals surface area contributed by atoms with Gasteiger partial charge in [-0.15, -0.1) is 0 Å². The van der Waals surface area contributed by atoms with E-state index in [-0.39, 0.29) is 36.9 Å². The second-order valence-corrected chi connectivity index (χ2v) is 5.80. The third kappa shape index (κ3) is 1.65. The first-order chi connectivity index (χ1) is 9.66. The number of nitrogens with one attached hydrogen (secondary N) is 1. The van der Waals surface area contributed by atoms with Crippen molar-refractivity contribution in [1.82, 2.24) is 9.55 Å². The van der Waals surface area contributed by atoms with E-state index in [1.807, 2.05) is 4.57 Å². The molecule has 4 atom stereocenters. The van der Waals surface area contributed by atoms with E-state index in [9.17, 15) is 10.2 Å². The first kappa shape index (κ1) is 12.1. The predicted molar refractivity (Wildman–Crippen MR) is 69.8 cm³/mol. The quantitative estimate of drug-likeness (QED) is 0.525. The van der Waals surface area contributed by atoms with Crippen molar-refractivity contribution in [3.63, 3.8) is 0 Å². The third-order valence-electron chi connectivity index (χ3n) is 4.50. The van der Waals surface area contributed by atoms with Gasteiger partial charge < -0.3 is 30.6 Å². The largest absolute Gasteiger partial charge is 0.396 e. The Bertz CT molecular complexity index is 586. The number of anilines is 1. The SMILES string of the molecule is NC1=NC2OC2c2ncn(CC3(CO)CC3CO)c2N1. The van der Waals surface area contributed by atoms with Crippen LogP contribution in [0.25, 0.3) is 0 Å². The van der Waals surface area contributed by atoms with E-state index in [1.165, 1.54) is 0 Å². The second kappa shape index (κ2) is 3.94. The monoisotopic (exact) mass is 279 g/mol. The van der Waals surface area contributed by atoms with Gasteiger partial charge in [0.05, 0.1) is 12.9 Å². The number of aliphatic hydroxyl groups is 2. The molecule has 0 radical (unpaired) electrons. The number of nitrogens with zero attached hydrogens (tertiary/aromatic N) is 3. The molecule has 2 aliphatic heterocycles. The lowest BCUT2D eigenvalue weighted by Gasteiger charge is -2.17. The number of aromatic nitrogens is 2. The number of guanidine groups is 1. The minimum Gasteiger partial charge on any atom is -0.396 e. The molecule has 1 aromatic rings. The van der Waals surface area contributed by atoms with Gasteiger partial charge in [0.15, 0.2) is 18.3 Å². The van der Waals surface area contributed by atoms with Crippen molar-refractivity contribution in [3.05, 3.63) is 12.0 Å². The zero-order chi connectivity index (χ0) is 13.9. The van der Waals surface area contributed by atoms with Crippen LogP contribution in [0.1, 0.15) is 18.2 Å². The summed E-state index contributed by atoms with van der Waals surface area (Å²) in [6.45, 7) is 0.744. The van der Waals surface area contributed by atoms with Crippen LogP contribution in [0.5, 0.6) is 0 Å². The summed E-state index contributed by atoms with van der Waals surface area (Å²) in [6.07, 6.45) is 2.18. The van der Waals surface area contributed by atoms with E-state index in [0.29, 0.717) is 12.5 Å². The zero-order valence-electron chi connectivity index (χ0n) is 10.9. The maximum absolute atomic E-state index is 9.59. The summed E-state index contributed by atoms with van der Waals surface area (Å²) < 4.78 is 7.33. The van der Waals surface area contributed by atoms with Crippen molar-refractivity contribution in [2.75, 3.05) is 18.5 Å². The summed E-state index contributed by atoms with van der Waals surface area (Å²) >= 11 is 0. The molecule has 0 spiro atoms. The number of ether oxygens (including phenoxy) is 1. The molecular formula is C12H17N5O3. The Morgan fingerprint density at radius 2 is 2.40 bits per heavy atom. The predicted octanol–water partition coefficient (Wildman–Crippen LogP) is -0.988. The molecule has 4 unspecified atom stereocenters. The average molecular weight is 279 g/mol. The van der Waals surface area contributed by atoms with Crippen LogP contribution in [0.3, 0.4) is 0 Å². The molecule has 3 aliphatic rings. The Morgan fingerprint density at radius 1 is 1.55 bits per heavy atom. The fourth-order valence-electron chi connectivity index (χ4n) is 3.02. The summed E-state index contributed by atoms with van der Waals surface area (Å²) in [5, 5.41) is 21.9. The highest BCUT2D eigenvalue weighted by atomic mass is 16.6. The molecule has 4 rings (SSSR count). The Morgan fingerprint density at radius 3 is 3.10 bits per heavy atom. The van der Waals surface area contributed by atoms with Gasteiger partial charge in [0.2, 0.25) is 0 Å². The zero-order valence-corrected chi connectivity index (χ0v) is 10.9. The Hall–Kier alpha value is -1.64. The highest BCUT2D eigenvalue weighted by Crippen LogP contribution is 2.54. The van der Waals surface area contributed by atoms with E-state index in [4.69, 9.17) is 10.5 Å².